The maximum absolute atomic E-state index is 14.9. The highest BCUT2D eigenvalue weighted by atomic mass is 19.2. The molecule has 1 heterocycles. The zero-order valence-electron chi connectivity index (χ0n) is 12.9. The number of esters is 1. The van der Waals surface area contributed by atoms with E-state index in [1.165, 1.54) is 6.92 Å². The first-order chi connectivity index (χ1) is 11.2. The monoisotopic (exact) mass is 338 g/mol. The number of carbonyl (C=O) groups excluding carboxylic acids is 2. The van der Waals surface area contributed by atoms with Crippen LogP contribution in [-0.2, 0) is 9.53 Å². The fraction of sp³-hybridized carbons (Fsp3) is 0.375. The predicted molar refractivity (Wildman–Crippen MR) is 79.0 cm³/mol. The molecule has 1 saturated carbocycles. The molecule has 1 aromatic rings. The molecule has 0 aromatic heterocycles. The molecule has 0 saturated heterocycles. The van der Waals surface area contributed by atoms with Gasteiger partial charge in [-0.15, -0.1) is 6.42 Å². The molecule has 8 heteroatoms. The molecule has 24 heavy (non-hydrogen) atoms. The molecule has 1 atom stereocenters. The largest absolute Gasteiger partial charge is 0.402 e. The second kappa shape index (κ2) is 5.16. The Bertz CT molecular complexity index is 814. The number of terminal acetylenes is 1. The summed E-state index contributed by atoms with van der Waals surface area (Å²) >= 11 is 0. The first kappa shape index (κ1) is 16.2. The second-order valence-corrected chi connectivity index (χ2v) is 5.73. The molecule has 1 aliphatic carbocycles. The lowest BCUT2D eigenvalue weighted by atomic mass is 10.0. The van der Waals surface area contributed by atoms with Gasteiger partial charge < -0.3 is 10.1 Å². The molecular formula is C16H13F3N2O3. The minimum atomic E-state index is -2.91. The summed E-state index contributed by atoms with van der Waals surface area (Å²) < 4.78 is 48.7. The van der Waals surface area contributed by atoms with Gasteiger partial charge in [0.15, 0.2) is 11.6 Å². The third-order valence-electron chi connectivity index (χ3n) is 3.95. The van der Waals surface area contributed by atoms with E-state index in [0.29, 0.717) is 12.8 Å². The zero-order chi connectivity index (χ0) is 17.8. The number of ether oxygens (including phenoxy) is 1. The summed E-state index contributed by atoms with van der Waals surface area (Å²) in [5.41, 5.74) is -1.90. The Morgan fingerprint density at radius 2 is 2.04 bits per heavy atom. The number of hydrogen-bond donors (Lipinski definition) is 1. The molecule has 1 aliphatic heterocycles. The maximum Gasteiger partial charge on any atom is 0.402 e. The van der Waals surface area contributed by atoms with Crippen molar-refractivity contribution in [2.75, 3.05) is 10.2 Å². The maximum atomic E-state index is 14.9. The van der Waals surface area contributed by atoms with Crippen molar-refractivity contribution in [2.24, 2.45) is 0 Å². The summed E-state index contributed by atoms with van der Waals surface area (Å²) in [4.78, 5) is 24.2. The molecule has 126 valence electrons. The number of anilines is 2. The Kier molecular flexibility index (Phi) is 3.48. The van der Waals surface area contributed by atoms with E-state index in [-0.39, 0.29) is 11.3 Å². The van der Waals surface area contributed by atoms with Gasteiger partial charge in [0.25, 0.3) is 0 Å². The van der Waals surface area contributed by atoms with Crippen LogP contribution < -0.4 is 10.2 Å². The number of benzene rings is 1. The molecule has 1 amide bonds. The fourth-order valence-electron chi connectivity index (χ4n) is 2.79. The van der Waals surface area contributed by atoms with Crippen LogP contribution in [0.15, 0.2) is 0 Å². The summed E-state index contributed by atoms with van der Waals surface area (Å²) in [5, 5.41) is 2.00. The Balaban J connectivity index is 2.31. The SMILES string of the molecule is C#CC1(F)OC(=O)c2c(F)c(NC(C)=O)c(F)c(C)c2N1C1CC1. The van der Waals surface area contributed by atoms with E-state index in [1.807, 2.05) is 5.32 Å². The number of nitrogens with one attached hydrogen (secondary N) is 1. The number of amides is 1. The number of cyclic esters (lactones) is 1. The van der Waals surface area contributed by atoms with Crippen molar-refractivity contribution in [3.63, 3.8) is 0 Å². The molecule has 5 nitrogen and oxygen atoms in total. The molecule has 2 aliphatic rings. The minimum Gasteiger partial charge on any atom is -0.395 e. The lowest BCUT2D eigenvalue weighted by Gasteiger charge is -2.40. The first-order valence-corrected chi connectivity index (χ1v) is 7.19. The Morgan fingerprint density at radius 1 is 1.42 bits per heavy atom. The van der Waals surface area contributed by atoms with Gasteiger partial charge in [-0.05, 0) is 19.8 Å². The van der Waals surface area contributed by atoms with Crippen molar-refractivity contribution >= 4 is 23.3 Å². The van der Waals surface area contributed by atoms with Crippen molar-refractivity contribution < 1.29 is 27.5 Å². The summed E-state index contributed by atoms with van der Waals surface area (Å²) in [6.07, 6.45) is 6.23. The summed E-state index contributed by atoms with van der Waals surface area (Å²) in [5.74, 6) is -5.67. The number of halogens is 3. The molecule has 1 N–H and O–H groups in total. The standard InChI is InChI=1S/C16H13F3N2O3/c1-4-16(19)21(9-5-6-9)14-7(2)11(17)13(20-8(3)22)12(18)10(14)15(23)24-16/h1,9H,5-6H2,2-3H3,(H,20,22). The zero-order valence-corrected chi connectivity index (χ0v) is 12.9. The van der Waals surface area contributed by atoms with Crippen LogP contribution in [0.2, 0.25) is 0 Å². The lowest BCUT2D eigenvalue weighted by molar-refractivity contribution is -0.114. The Morgan fingerprint density at radius 3 is 2.54 bits per heavy atom. The topological polar surface area (TPSA) is 58.6 Å². The second-order valence-electron chi connectivity index (χ2n) is 5.73. The van der Waals surface area contributed by atoms with E-state index in [0.717, 1.165) is 11.8 Å². The van der Waals surface area contributed by atoms with Crippen LogP contribution in [0.1, 0.15) is 35.7 Å². The number of alkyl halides is 1. The average molecular weight is 338 g/mol. The highest BCUT2D eigenvalue weighted by molar-refractivity contribution is 6.02. The van der Waals surface area contributed by atoms with Gasteiger partial charge in [-0.25, -0.2) is 13.6 Å². The van der Waals surface area contributed by atoms with Gasteiger partial charge in [0.05, 0.1) is 5.69 Å². The normalized spacial score (nSPS) is 22.5. The molecule has 3 rings (SSSR count). The number of carbonyl (C=O) groups is 2. The molecule has 1 unspecified atom stereocenters. The van der Waals surface area contributed by atoms with Crippen molar-refractivity contribution in [1.82, 2.24) is 0 Å². The van der Waals surface area contributed by atoms with Gasteiger partial charge in [0.2, 0.25) is 5.91 Å². The molecule has 0 radical (unpaired) electrons. The van der Waals surface area contributed by atoms with Gasteiger partial charge in [0, 0.05) is 24.4 Å². The lowest BCUT2D eigenvalue weighted by Crippen LogP contribution is -2.53. The smallest absolute Gasteiger partial charge is 0.395 e. The minimum absolute atomic E-state index is 0.198. The number of hydrogen-bond acceptors (Lipinski definition) is 4. The Hall–Kier alpha value is -2.69. The Labute approximate surface area is 135 Å². The number of fused-ring (bicyclic) bond motifs is 1. The van der Waals surface area contributed by atoms with Gasteiger partial charge >= 0.3 is 11.9 Å². The van der Waals surface area contributed by atoms with Crippen molar-refractivity contribution in [3.05, 3.63) is 22.8 Å². The average Bonchev–Trinajstić information content (AvgIpc) is 3.33. The molecule has 1 aromatic carbocycles. The van der Waals surface area contributed by atoms with Crippen LogP contribution in [0.4, 0.5) is 24.5 Å². The van der Waals surface area contributed by atoms with Crippen molar-refractivity contribution in [3.8, 4) is 12.3 Å². The molecular weight excluding hydrogens is 325 g/mol. The van der Waals surface area contributed by atoms with E-state index in [1.54, 1.807) is 5.92 Å². The summed E-state index contributed by atoms with van der Waals surface area (Å²) in [6, 6.07) is -0.429. The quantitative estimate of drug-likeness (QED) is 0.512. The van der Waals surface area contributed by atoms with E-state index < -0.39 is 46.8 Å². The van der Waals surface area contributed by atoms with E-state index in [2.05, 4.69) is 4.74 Å². The van der Waals surface area contributed by atoms with Crippen LogP contribution in [0.25, 0.3) is 0 Å². The van der Waals surface area contributed by atoms with Crippen LogP contribution in [0, 0.1) is 30.9 Å². The van der Waals surface area contributed by atoms with Crippen molar-refractivity contribution in [1.29, 1.82) is 0 Å². The third kappa shape index (κ3) is 2.19. The van der Waals surface area contributed by atoms with E-state index >= 15 is 0 Å². The number of nitrogens with zero attached hydrogens (tertiary/aromatic N) is 1. The van der Waals surface area contributed by atoms with Gasteiger partial charge in [-0.1, -0.05) is 0 Å². The molecule has 0 spiro atoms. The predicted octanol–water partition coefficient (Wildman–Crippen LogP) is 2.63. The highest BCUT2D eigenvalue weighted by Crippen LogP contribution is 2.48. The van der Waals surface area contributed by atoms with Crippen molar-refractivity contribution in [2.45, 2.75) is 38.7 Å². The van der Waals surface area contributed by atoms with E-state index in [9.17, 15) is 22.8 Å². The molecule has 1 fully saturated rings. The van der Waals surface area contributed by atoms with Crippen LogP contribution in [0.5, 0.6) is 0 Å². The summed E-state index contributed by atoms with van der Waals surface area (Å²) in [7, 11) is 0. The van der Waals surface area contributed by atoms with E-state index in [4.69, 9.17) is 6.42 Å². The van der Waals surface area contributed by atoms with Gasteiger partial charge in [-0.2, -0.15) is 4.39 Å². The van der Waals surface area contributed by atoms with Crippen LogP contribution >= 0.6 is 0 Å². The van der Waals surface area contributed by atoms with Gasteiger partial charge in [0.1, 0.15) is 11.3 Å². The van der Waals surface area contributed by atoms with Gasteiger partial charge in [-0.3, -0.25) is 9.69 Å². The highest BCUT2D eigenvalue weighted by Gasteiger charge is 2.54. The number of rotatable bonds is 2. The third-order valence-corrected chi connectivity index (χ3v) is 3.95. The first-order valence-electron chi connectivity index (χ1n) is 7.19. The summed E-state index contributed by atoms with van der Waals surface area (Å²) in [6.45, 7) is 2.32. The van der Waals surface area contributed by atoms with Crippen LogP contribution in [0.3, 0.4) is 0 Å². The van der Waals surface area contributed by atoms with Crippen LogP contribution in [-0.4, -0.2) is 23.9 Å². The fourth-order valence-corrected chi connectivity index (χ4v) is 2.79. The molecule has 0 bridgehead atoms.